The van der Waals surface area contributed by atoms with Crippen LogP contribution in [0, 0.1) is 0 Å². The van der Waals surface area contributed by atoms with Crippen LogP contribution in [0.2, 0.25) is 0 Å². The lowest BCUT2D eigenvalue weighted by Gasteiger charge is -2.14. The van der Waals surface area contributed by atoms with Crippen molar-refractivity contribution in [2.75, 3.05) is 25.0 Å². The number of pyridine rings is 1. The second-order valence-electron chi connectivity index (χ2n) is 4.71. The Balaban J connectivity index is 1.92. The molecule has 0 aromatic carbocycles. The summed E-state index contributed by atoms with van der Waals surface area (Å²) in [5.41, 5.74) is 1.54. The average molecular weight is 247 g/mol. The van der Waals surface area contributed by atoms with E-state index in [2.05, 4.69) is 17.2 Å². The lowest BCUT2D eigenvalue weighted by atomic mass is 10.3. The molecule has 2 rings (SSSR count). The van der Waals surface area contributed by atoms with E-state index in [1.807, 2.05) is 17.0 Å². The predicted octanol–water partition coefficient (Wildman–Crippen LogP) is 2.53. The van der Waals surface area contributed by atoms with Gasteiger partial charge in [0.15, 0.2) is 0 Å². The molecule has 0 unspecified atom stereocenters. The molecule has 1 N–H and O–H groups in total. The molecular formula is C14H21N3O. The van der Waals surface area contributed by atoms with E-state index in [4.69, 9.17) is 0 Å². The maximum Gasteiger partial charge on any atom is 0.272 e. The van der Waals surface area contributed by atoms with Crippen LogP contribution in [-0.2, 0) is 0 Å². The Bertz CT molecular complexity index is 383. The first-order chi connectivity index (χ1) is 8.81. The molecular weight excluding hydrogens is 226 g/mol. The number of carbonyl (C=O) groups is 1. The molecule has 1 aromatic heterocycles. The third kappa shape index (κ3) is 3.22. The maximum absolute atomic E-state index is 12.1. The fourth-order valence-corrected chi connectivity index (χ4v) is 2.12. The summed E-state index contributed by atoms with van der Waals surface area (Å²) in [4.78, 5) is 18.2. The van der Waals surface area contributed by atoms with Gasteiger partial charge in [0.25, 0.3) is 5.91 Å². The van der Waals surface area contributed by atoms with Gasteiger partial charge in [-0.2, -0.15) is 0 Å². The highest BCUT2D eigenvalue weighted by Gasteiger charge is 2.20. The number of nitrogens with one attached hydrogen (secondary N) is 1. The van der Waals surface area contributed by atoms with E-state index in [1.165, 1.54) is 6.42 Å². The van der Waals surface area contributed by atoms with E-state index >= 15 is 0 Å². The number of hydrogen-bond acceptors (Lipinski definition) is 3. The number of amides is 1. The summed E-state index contributed by atoms with van der Waals surface area (Å²) < 4.78 is 0. The molecule has 1 aliphatic rings. The Hall–Kier alpha value is -1.58. The summed E-state index contributed by atoms with van der Waals surface area (Å²) in [5, 5.41) is 3.29. The largest absolute Gasteiger partial charge is 0.384 e. The summed E-state index contributed by atoms with van der Waals surface area (Å²) in [6, 6.07) is 3.75. The molecule has 4 heteroatoms. The molecule has 0 radical (unpaired) electrons. The number of rotatable bonds is 5. The molecule has 1 saturated heterocycles. The SMILES string of the molecule is CCCCNc1ccc(C(=O)N2CCCC2)nc1. The highest BCUT2D eigenvalue weighted by molar-refractivity contribution is 5.92. The fourth-order valence-electron chi connectivity index (χ4n) is 2.12. The maximum atomic E-state index is 12.1. The van der Waals surface area contributed by atoms with Gasteiger partial charge >= 0.3 is 0 Å². The first-order valence-electron chi connectivity index (χ1n) is 6.80. The van der Waals surface area contributed by atoms with E-state index in [9.17, 15) is 4.79 Å². The van der Waals surface area contributed by atoms with E-state index in [-0.39, 0.29) is 5.91 Å². The minimum atomic E-state index is 0.0626. The van der Waals surface area contributed by atoms with Crippen molar-refractivity contribution in [3.05, 3.63) is 24.0 Å². The number of likely N-dealkylation sites (tertiary alicyclic amines) is 1. The van der Waals surface area contributed by atoms with Crippen LogP contribution in [0.25, 0.3) is 0 Å². The molecule has 0 spiro atoms. The summed E-state index contributed by atoms with van der Waals surface area (Å²) >= 11 is 0. The van der Waals surface area contributed by atoms with Gasteiger partial charge < -0.3 is 10.2 Å². The number of nitrogens with zero attached hydrogens (tertiary/aromatic N) is 2. The van der Waals surface area contributed by atoms with E-state index < -0.39 is 0 Å². The van der Waals surface area contributed by atoms with Crippen LogP contribution in [0.1, 0.15) is 43.1 Å². The Kier molecular flexibility index (Phi) is 4.56. The van der Waals surface area contributed by atoms with Crippen molar-refractivity contribution in [1.29, 1.82) is 0 Å². The number of hydrogen-bond donors (Lipinski definition) is 1. The van der Waals surface area contributed by atoms with Gasteiger partial charge in [-0.1, -0.05) is 13.3 Å². The smallest absolute Gasteiger partial charge is 0.272 e. The Morgan fingerprint density at radius 1 is 1.39 bits per heavy atom. The zero-order chi connectivity index (χ0) is 12.8. The Labute approximate surface area is 108 Å². The normalized spacial score (nSPS) is 14.8. The van der Waals surface area contributed by atoms with E-state index in [0.29, 0.717) is 5.69 Å². The van der Waals surface area contributed by atoms with Gasteiger partial charge in [0, 0.05) is 19.6 Å². The zero-order valence-electron chi connectivity index (χ0n) is 11.0. The van der Waals surface area contributed by atoms with Crippen LogP contribution in [-0.4, -0.2) is 35.4 Å². The second kappa shape index (κ2) is 6.38. The molecule has 0 saturated carbocycles. The quantitative estimate of drug-likeness (QED) is 0.813. The minimum Gasteiger partial charge on any atom is -0.384 e. The monoisotopic (exact) mass is 247 g/mol. The van der Waals surface area contributed by atoms with Crippen molar-refractivity contribution in [3.63, 3.8) is 0 Å². The number of aromatic nitrogens is 1. The van der Waals surface area contributed by atoms with Gasteiger partial charge in [-0.15, -0.1) is 0 Å². The fraction of sp³-hybridized carbons (Fsp3) is 0.571. The molecule has 2 heterocycles. The van der Waals surface area contributed by atoms with Crippen LogP contribution in [0.4, 0.5) is 5.69 Å². The van der Waals surface area contributed by atoms with Gasteiger partial charge in [-0.3, -0.25) is 4.79 Å². The lowest BCUT2D eigenvalue weighted by molar-refractivity contribution is 0.0787. The van der Waals surface area contributed by atoms with Crippen LogP contribution < -0.4 is 5.32 Å². The van der Waals surface area contributed by atoms with Crippen molar-refractivity contribution >= 4 is 11.6 Å². The first-order valence-corrected chi connectivity index (χ1v) is 6.80. The number of anilines is 1. The zero-order valence-corrected chi connectivity index (χ0v) is 11.0. The third-order valence-corrected chi connectivity index (χ3v) is 3.24. The van der Waals surface area contributed by atoms with Crippen molar-refractivity contribution in [3.8, 4) is 0 Å². The summed E-state index contributed by atoms with van der Waals surface area (Å²) in [6.07, 6.45) is 6.30. The van der Waals surface area contributed by atoms with Crippen LogP contribution in [0.5, 0.6) is 0 Å². The molecule has 0 bridgehead atoms. The second-order valence-corrected chi connectivity index (χ2v) is 4.71. The molecule has 1 fully saturated rings. The molecule has 1 amide bonds. The van der Waals surface area contributed by atoms with Crippen molar-refractivity contribution in [2.45, 2.75) is 32.6 Å². The van der Waals surface area contributed by atoms with Crippen molar-refractivity contribution in [2.24, 2.45) is 0 Å². The first kappa shape index (κ1) is 12.9. The van der Waals surface area contributed by atoms with Crippen LogP contribution >= 0.6 is 0 Å². The summed E-state index contributed by atoms with van der Waals surface area (Å²) in [7, 11) is 0. The number of unbranched alkanes of at least 4 members (excludes halogenated alkanes) is 1. The van der Waals surface area contributed by atoms with Crippen LogP contribution in [0.15, 0.2) is 18.3 Å². The summed E-state index contributed by atoms with van der Waals surface area (Å²) in [6.45, 7) is 4.86. The third-order valence-electron chi connectivity index (χ3n) is 3.24. The molecule has 1 aromatic rings. The van der Waals surface area contributed by atoms with Crippen molar-refractivity contribution < 1.29 is 4.79 Å². The molecule has 4 nitrogen and oxygen atoms in total. The minimum absolute atomic E-state index is 0.0626. The van der Waals surface area contributed by atoms with E-state index in [0.717, 1.165) is 44.6 Å². The average Bonchev–Trinajstić information content (AvgIpc) is 2.93. The topological polar surface area (TPSA) is 45.2 Å². The van der Waals surface area contributed by atoms with Crippen molar-refractivity contribution in [1.82, 2.24) is 9.88 Å². The Morgan fingerprint density at radius 2 is 2.17 bits per heavy atom. The van der Waals surface area contributed by atoms with Gasteiger partial charge in [0.05, 0.1) is 11.9 Å². The van der Waals surface area contributed by atoms with Gasteiger partial charge in [0.1, 0.15) is 5.69 Å². The van der Waals surface area contributed by atoms with Gasteiger partial charge in [-0.25, -0.2) is 4.98 Å². The van der Waals surface area contributed by atoms with E-state index in [1.54, 1.807) is 6.20 Å². The highest BCUT2D eigenvalue weighted by Crippen LogP contribution is 2.13. The lowest BCUT2D eigenvalue weighted by Crippen LogP contribution is -2.28. The highest BCUT2D eigenvalue weighted by atomic mass is 16.2. The molecule has 98 valence electrons. The molecule has 0 aliphatic carbocycles. The molecule has 18 heavy (non-hydrogen) atoms. The Morgan fingerprint density at radius 3 is 2.78 bits per heavy atom. The standard InChI is InChI=1S/C14H21N3O/c1-2-3-8-15-12-6-7-13(16-11-12)14(18)17-9-4-5-10-17/h6-7,11,15H,2-5,8-10H2,1H3. The number of carbonyl (C=O) groups excluding carboxylic acids is 1. The molecule has 0 atom stereocenters. The predicted molar refractivity (Wildman–Crippen MR) is 72.8 cm³/mol. The van der Waals surface area contributed by atoms with Gasteiger partial charge in [-0.05, 0) is 31.4 Å². The summed E-state index contributed by atoms with van der Waals surface area (Å²) in [5.74, 6) is 0.0626. The van der Waals surface area contributed by atoms with Gasteiger partial charge in [0.2, 0.25) is 0 Å². The van der Waals surface area contributed by atoms with Crippen LogP contribution in [0.3, 0.4) is 0 Å². The molecule has 1 aliphatic heterocycles.